The largest absolute Gasteiger partial charge is 0.496 e. The summed E-state index contributed by atoms with van der Waals surface area (Å²) >= 11 is 0. The molecule has 1 saturated heterocycles. The molecule has 0 N–H and O–H groups in total. The van der Waals surface area contributed by atoms with Gasteiger partial charge < -0.3 is 14.0 Å². The van der Waals surface area contributed by atoms with Crippen molar-refractivity contribution in [1.29, 1.82) is 0 Å². The molecular formula is C22H36BNO3. The van der Waals surface area contributed by atoms with E-state index in [1.165, 1.54) is 12.1 Å². The summed E-state index contributed by atoms with van der Waals surface area (Å²) in [6, 6.07) is 4.34. The van der Waals surface area contributed by atoms with Crippen molar-refractivity contribution in [3.05, 3.63) is 24.0 Å². The highest BCUT2D eigenvalue weighted by molar-refractivity contribution is 6.62. The van der Waals surface area contributed by atoms with E-state index < -0.39 is 0 Å². The third-order valence-electron chi connectivity index (χ3n) is 7.55. The first-order chi connectivity index (χ1) is 13.0. The Bertz CT molecular complexity index is 607. The number of hydrogen-bond acceptors (Lipinski definition) is 4. The van der Waals surface area contributed by atoms with E-state index in [-0.39, 0.29) is 23.7 Å². The van der Waals surface area contributed by atoms with E-state index in [1.54, 1.807) is 7.11 Å². The lowest BCUT2D eigenvalue weighted by atomic mass is 9.75. The van der Waals surface area contributed by atoms with Gasteiger partial charge in [0.2, 0.25) is 0 Å². The van der Waals surface area contributed by atoms with Crippen LogP contribution >= 0.6 is 0 Å². The van der Waals surface area contributed by atoms with Crippen molar-refractivity contribution in [1.82, 2.24) is 4.98 Å². The topological polar surface area (TPSA) is 40.6 Å². The van der Waals surface area contributed by atoms with Crippen LogP contribution in [0.25, 0.3) is 0 Å². The zero-order chi connectivity index (χ0) is 19.7. The first-order valence-electron chi connectivity index (χ1n) is 10.8. The highest BCUT2D eigenvalue weighted by atomic mass is 16.7. The Hall–Kier alpha value is -0.905. The van der Waals surface area contributed by atoms with Crippen LogP contribution in [0, 0.1) is 5.92 Å². The average Bonchev–Trinajstić information content (AvgIpc) is 3.25. The van der Waals surface area contributed by atoms with E-state index in [1.807, 2.05) is 6.20 Å². The summed E-state index contributed by atoms with van der Waals surface area (Å²) in [7, 11) is 1.45. The highest BCUT2D eigenvalue weighted by Gasteiger charge is 2.59. The van der Waals surface area contributed by atoms with Gasteiger partial charge in [0.1, 0.15) is 0 Å². The van der Waals surface area contributed by atoms with Gasteiger partial charge >= 0.3 is 7.12 Å². The predicted molar refractivity (Wildman–Crippen MR) is 110 cm³/mol. The Morgan fingerprint density at radius 3 is 2.00 bits per heavy atom. The molecule has 0 aromatic carbocycles. The predicted octanol–water partition coefficient (Wildman–Crippen LogP) is 4.26. The lowest BCUT2D eigenvalue weighted by Crippen LogP contribution is -2.50. The number of rotatable bonds is 9. The quantitative estimate of drug-likeness (QED) is 0.607. The Labute approximate surface area is 165 Å². The van der Waals surface area contributed by atoms with Gasteiger partial charge in [-0.05, 0) is 50.5 Å². The van der Waals surface area contributed by atoms with Gasteiger partial charge in [0.05, 0.1) is 11.2 Å². The molecule has 0 amide bonds. The van der Waals surface area contributed by atoms with Crippen LogP contribution in [-0.4, -0.2) is 37.0 Å². The second kappa shape index (κ2) is 7.84. The van der Waals surface area contributed by atoms with Crippen LogP contribution in [-0.2, 0) is 19.5 Å². The minimum atomic E-state index is -0.321. The third-order valence-corrected chi connectivity index (χ3v) is 7.55. The van der Waals surface area contributed by atoms with Crippen LogP contribution in [0.2, 0.25) is 0 Å². The summed E-state index contributed by atoms with van der Waals surface area (Å²) < 4.78 is 18.5. The van der Waals surface area contributed by atoms with Crippen molar-refractivity contribution >= 4 is 12.6 Å². The summed E-state index contributed by atoms with van der Waals surface area (Å²) in [5.74, 6) is 0.672. The van der Waals surface area contributed by atoms with E-state index in [0.29, 0.717) is 5.92 Å². The fourth-order valence-electron chi connectivity index (χ4n) is 5.35. The monoisotopic (exact) mass is 373 g/mol. The zero-order valence-corrected chi connectivity index (χ0v) is 18.0. The summed E-state index contributed by atoms with van der Waals surface area (Å²) in [6.07, 6.45) is 8.06. The number of nitrogens with zero attached hydrogens (tertiary/aromatic N) is 1. The maximum atomic E-state index is 6.58. The molecule has 1 aromatic rings. The van der Waals surface area contributed by atoms with Crippen LogP contribution in [0.15, 0.2) is 18.3 Å². The number of ether oxygens (including phenoxy) is 1. The summed E-state index contributed by atoms with van der Waals surface area (Å²) in [5, 5.41) is 0. The normalized spacial score (nSPS) is 28.5. The first-order valence-corrected chi connectivity index (χ1v) is 10.8. The number of methoxy groups -OCH3 is 1. The van der Waals surface area contributed by atoms with E-state index in [9.17, 15) is 0 Å². The van der Waals surface area contributed by atoms with E-state index >= 15 is 0 Å². The van der Waals surface area contributed by atoms with Crippen molar-refractivity contribution in [3.63, 3.8) is 0 Å². The molecular weight excluding hydrogens is 337 g/mol. The van der Waals surface area contributed by atoms with Crippen LogP contribution in [0.5, 0.6) is 0 Å². The molecule has 3 rings (SSSR count). The van der Waals surface area contributed by atoms with E-state index in [4.69, 9.17) is 19.0 Å². The third kappa shape index (κ3) is 3.26. The van der Waals surface area contributed by atoms with Crippen LogP contribution < -0.4 is 5.46 Å². The Morgan fingerprint density at radius 2 is 1.63 bits per heavy atom. The van der Waals surface area contributed by atoms with Crippen molar-refractivity contribution in [2.75, 3.05) is 13.7 Å². The molecule has 1 aliphatic carbocycles. The zero-order valence-electron chi connectivity index (χ0n) is 18.0. The fourth-order valence-corrected chi connectivity index (χ4v) is 5.35. The average molecular weight is 373 g/mol. The molecule has 1 aromatic heterocycles. The molecule has 0 spiro atoms. The molecule has 2 heterocycles. The molecule has 0 radical (unpaired) electrons. The first kappa shape index (κ1) is 20.8. The molecule has 1 aliphatic heterocycles. The fraction of sp³-hybridized carbons (Fsp3) is 0.773. The van der Waals surface area contributed by atoms with Crippen molar-refractivity contribution in [2.45, 2.75) is 89.8 Å². The van der Waals surface area contributed by atoms with E-state index in [2.05, 4.69) is 46.8 Å². The van der Waals surface area contributed by atoms with Gasteiger partial charge in [-0.15, -0.1) is 0 Å². The van der Waals surface area contributed by atoms with Crippen LogP contribution in [0.3, 0.4) is 0 Å². The number of pyridine rings is 1. The molecule has 4 nitrogen and oxygen atoms in total. The molecule has 150 valence electrons. The van der Waals surface area contributed by atoms with Gasteiger partial charge in [-0.3, -0.25) is 4.98 Å². The lowest BCUT2D eigenvalue weighted by molar-refractivity contribution is -0.0601. The number of aromatic nitrogens is 1. The van der Waals surface area contributed by atoms with Gasteiger partial charge in [-0.25, -0.2) is 0 Å². The van der Waals surface area contributed by atoms with Gasteiger partial charge in [0.25, 0.3) is 0 Å². The minimum absolute atomic E-state index is 0.194. The molecule has 1 saturated carbocycles. The molecule has 0 unspecified atom stereocenters. The SMILES string of the molecule is CCC1(CC)OB(c2ccc([C@@]3(CCOC)C[C@@H]3C)nc2)OC1(CC)CC. The van der Waals surface area contributed by atoms with Gasteiger partial charge in [-0.1, -0.05) is 40.7 Å². The summed E-state index contributed by atoms with van der Waals surface area (Å²) in [6.45, 7) is 11.9. The second-order valence-electron chi connectivity index (χ2n) is 8.45. The van der Waals surface area contributed by atoms with Crippen molar-refractivity contribution in [2.24, 2.45) is 5.92 Å². The highest BCUT2D eigenvalue weighted by Crippen LogP contribution is 2.55. The molecule has 2 aliphatic rings. The maximum absolute atomic E-state index is 6.58. The lowest BCUT2D eigenvalue weighted by Gasteiger charge is -2.42. The Balaban J connectivity index is 1.82. The van der Waals surface area contributed by atoms with Gasteiger partial charge in [0.15, 0.2) is 0 Å². The van der Waals surface area contributed by atoms with Crippen molar-refractivity contribution < 1.29 is 14.0 Å². The smallest absolute Gasteiger partial charge is 0.399 e. The standard InChI is InChI=1S/C22H36BNO3/c1-7-21(8-2)22(9-3,10-4)27-23(26-21)18-11-12-19(24-16-18)20(13-14-25-6)15-17(20)5/h11-12,16-17H,7-10,13-15H2,1-6H3/t17-,20-/m0/s1. The second-order valence-corrected chi connectivity index (χ2v) is 8.45. The van der Waals surface area contributed by atoms with E-state index in [0.717, 1.165) is 44.2 Å². The molecule has 0 bridgehead atoms. The maximum Gasteiger partial charge on any atom is 0.496 e. The molecule has 27 heavy (non-hydrogen) atoms. The molecule has 2 fully saturated rings. The van der Waals surface area contributed by atoms with Crippen molar-refractivity contribution in [3.8, 4) is 0 Å². The Kier molecular flexibility index (Phi) is 6.05. The van der Waals surface area contributed by atoms with Crippen LogP contribution in [0.1, 0.15) is 78.8 Å². The van der Waals surface area contributed by atoms with Gasteiger partial charge in [-0.2, -0.15) is 0 Å². The Morgan fingerprint density at radius 1 is 1.07 bits per heavy atom. The van der Waals surface area contributed by atoms with Crippen LogP contribution in [0.4, 0.5) is 0 Å². The summed E-state index contributed by atoms with van der Waals surface area (Å²) in [5.41, 5.74) is 1.97. The molecule has 5 heteroatoms. The summed E-state index contributed by atoms with van der Waals surface area (Å²) in [4.78, 5) is 4.84. The minimum Gasteiger partial charge on any atom is -0.399 e. The molecule has 2 atom stereocenters. The van der Waals surface area contributed by atoms with Gasteiger partial charge in [0, 0.05) is 36.5 Å². The number of hydrogen-bond donors (Lipinski definition) is 0.